The average Bonchev–Trinajstić information content (AvgIpc) is 2.50. The minimum atomic E-state index is 0.231. The van der Waals surface area contributed by atoms with E-state index >= 15 is 0 Å². The monoisotopic (exact) mass is 298 g/mol. The van der Waals surface area contributed by atoms with Crippen molar-refractivity contribution in [2.24, 2.45) is 0 Å². The summed E-state index contributed by atoms with van der Waals surface area (Å²) in [7, 11) is 0. The second kappa shape index (κ2) is 12.4. The highest BCUT2D eigenvalue weighted by Crippen LogP contribution is 2.15. The molecule has 0 atom stereocenters. The Morgan fingerprint density at radius 3 is 1.86 bits per heavy atom. The van der Waals surface area contributed by atoms with E-state index in [-0.39, 0.29) is 5.75 Å². The Hall–Kier alpha value is -1.30. The van der Waals surface area contributed by atoms with Gasteiger partial charge in [-0.05, 0) is 30.7 Å². The molecule has 0 unspecified atom stereocenters. The minimum absolute atomic E-state index is 0.231. The quantitative estimate of drug-likeness (QED) is 0.567. The Morgan fingerprint density at radius 2 is 1.29 bits per heavy atom. The molecule has 0 saturated heterocycles. The number of phenols is 1. The lowest BCUT2D eigenvalue weighted by Crippen LogP contribution is -2.12. The first-order valence-electron chi connectivity index (χ1n) is 7.48. The van der Waals surface area contributed by atoms with Crippen molar-refractivity contribution in [3.63, 3.8) is 0 Å². The van der Waals surface area contributed by atoms with Crippen molar-refractivity contribution in [1.29, 1.82) is 0 Å². The van der Waals surface area contributed by atoms with E-state index in [1.807, 2.05) is 0 Å². The molecule has 0 amide bonds. The van der Waals surface area contributed by atoms with Crippen LogP contribution in [-0.4, -0.2) is 51.4 Å². The van der Waals surface area contributed by atoms with Gasteiger partial charge in [0.25, 0.3) is 0 Å². The van der Waals surface area contributed by atoms with Gasteiger partial charge in [-0.25, -0.2) is 0 Å². The smallest absolute Gasteiger partial charge is 0.119 e. The van der Waals surface area contributed by atoms with Gasteiger partial charge in [0.05, 0.1) is 33.0 Å². The molecule has 0 fully saturated rings. The lowest BCUT2D eigenvalue weighted by Gasteiger charge is -2.08. The molecule has 0 saturated carbocycles. The van der Waals surface area contributed by atoms with E-state index in [9.17, 15) is 0 Å². The summed E-state index contributed by atoms with van der Waals surface area (Å²) in [5, 5.41) is 9.13. The summed E-state index contributed by atoms with van der Waals surface area (Å²) in [5.41, 5.74) is 0. The summed E-state index contributed by atoms with van der Waals surface area (Å²) < 4.78 is 21.6. The van der Waals surface area contributed by atoms with Gasteiger partial charge < -0.3 is 24.1 Å². The predicted octanol–water partition coefficient (Wildman–Crippen LogP) is 2.62. The number of benzene rings is 1. The van der Waals surface area contributed by atoms with Crippen LogP contribution >= 0.6 is 0 Å². The average molecular weight is 298 g/mol. The highest BCUT2D eigenvalue weighted by molar-refractivity contribution is 5.29. The third-order valence-corrected chi connectivity index (χ3v) is 2.72. The Morgan fingerprint density at radius 1 is 0.762 bits per heavy atom. The number of ether oxygens (including phenoxy) is 4. The first-order valence-corrected chi connectivity index (χ1v) is 7.48. The largest absolute Gasteiger partial charge is 0.508 e. The molecular formula is C16H26O5. The maximum absolute atomic E-state index is 9.13. The molecule has 0 heterocycles. The van der Waals surface area contributed by atoms with Crippen LogP contribution in [0, 0.1) is 0 Å². The second-order valence-corrected chi connectivity index (χ2v) is 4.53. The Balaban J connectivity index is 1.81. The van der Waals surface area contributed by atoms with Crippen LogP contribution in [0.3, 0.4) is 0 Å². The highest BCUT2D eigenvalue weighted by Gasteiger charge is 1.95. The molecule has 0 aliphatic carbocycles. The van der Waals surface area contributed by atoms with Gasteiger partial charge in [-0.3, -0.25) is 0 Å². The van der Waals surface area contributed by atoms with Crippen molar-refractivity contribution >= 4 is 0 Å². The van der Waals surface area contributed by atoms with Gasteiger partial charge in [0.15, 0.2) is 0 Å². The lowest BCUT2D eigenvalue weighted by molar-refractivity contribution is 0.00895. The first-order chi connectivity index (χ1) is 10.3. The second-order valence-electron chi connectivity index (χ2n) is 4.53. The standard InChI is InChI=1S/C16H26O5/c1-2-3-8-18-9-10-19-11-12-20-13-14-21-16-6-4-15(17)5-7-16/h4-7,17H,2-3,8-14H2,1H3. The molecule has 1 N–H and O–H groups in total. The first kappa shape index (κ1) is 17.8. The number of unbranched alkanes of at least 4 members (excludes halogenated alkanes) is 1. The van der Waals surface area contributed by atoms with Crippen LogP contribution in [-0.2, 0) is 14.2 Å². The SMILES string of the molecule is CCCCOCCOCCOCCOc1ccc(O)cc1. The van der Waals surface area contributed by atoms with Crippen LogP contribution in [0.2, 0.25) is 0 Å². The number of aromatic hydroxyl groups is 1. The number of phenolic OH excluding ortho intramolecular Hbond substituents is 1. The third-order valence-electron chi connectivity index (χ3n) is 2.72. The molecule has 0 aromatic heterocycles. The van der Waals surface area contributed by atoms with Gasteiger partial charge in [0.2, 0.25) is 0 Å². The lowest BCUT2D eigenvalue weighted by atomic mass is 10.3. The van der Waals surface area contributed by atoms with E-state index in [1.165, 1.54) is 0 Å². The van der Waals surface area contributed by atoms with Gasteiger partial charge in [-0.2, -0.15) is 0 Å². The fraction of sp³-hybridized carbons (Fsp3) is 0.625. The number of hydrogen-bond acceptors (Lipinski definition) is 5. The van der Waals surface area contributed by atoms with E-state index in [2.05, 4.69) is 6.92 Å². The molecule has 21 heavy (non-hydrogen) atoms. The van der Waals surface area contributed by atoms with Crippen LogP contribution in [0.15, 0.2) is 24.3 Å². The fourth-order valence-electron chi connectivity index (χ4n) is 1.55. The summed E-state index contributed by atoms with van der Waals surface area (Å²) in [6.07, 6.45) is 2.26. The van der Waals surface area contributed by atoms with Crippen molar-refractivity contribution in [2.75, 3.05) is 46.2 Å². The zero-order chi connectivity index (χ0) is 15.2. The summed E-state index contributed by atoms with van der Waals surface area (Å²) in [5.74, 6) is 0.950. The number of rotatable bonds is 13. The Bertz CT molecular complexity index is 339. The highest BCUT2D eigenvalue weighted by atomic mass is 16.6. The van der Waals surface area contributed by atoms with E-state index in [4.69, 9.17) is 24.1 Å². The molecule has 5 nitrogen and oxygen atoms in total. The molecule has 0 aliphatic rings. The molecule has 1 rings (SSSR count). The van der Waals surface area contributed by atoms with Crippen molar-refractivity contribution in [1.82, 2.24) is 0 Å². The van der Waals surface area contributed by atoms with Crippen molar-refractivity contribution in [3.8, 4) is 11.5 Å². The van der Waals surface area contributed by atoms with E-state index in [0.29, 0.717) is 39.6 Å². The van der Waals surface area contributed by atoms with E-state index < -0.39 is 0 Å². The maximum atomic E-state index is 9.13. The molecule has 0 bridgehead atoms. The molecule has 0 aliphatic heterocycles. The maximum Gasteiger partial charge on any atom is 0.119 e. The zero-order valence-electron chi connectivity index (χ0n) is 12.8. The van der Waals surface area contributed by atoms with Crippen LogP contribution in [0.5, 0.6) is 11.5 Å². The molecule has 0 radical (unpaired) electrons. The topological polar surface area (TPSA) is 57.2 Å². The normalized spacial score (nSPS) is 10.7. The molecule has 1 aromatic rings. The summed E-state index contributed by atoms with van der Waals surface area (Å²) in [4.78, 5) is 0. The van der Waals surface area contributed by atoms with Gasteiger partial charge >= 0.3 is 0 Å². The predicted molar refractivity (Wildman–Crippen MR) is 81.0 cm³/mol. The molecule has 5 heteroatoms. The molecule has 1 aromatic carbocycles. The molecule has 120 valence electrons. The van der Waals surface area contributed by atoms with Crippen LogP contribution in [0.25, 0.3) is 0 Å². The van der Waals surface area contributed by atoms with E-state index in [0.717, 1.165) is 25.2 Å². The summed E-state index contributed by atoms with van der Waals surface area (Å²) >= 11 is 0. The number of hydrogen-bond donors (Lipinski definition) is 1. The summed E-state index contributed by atoms with van der Waals surface area (Å²) in [6, 6.07) is 6.62. The zero-order valence-corrected chi connectivity index (χ0v) is 12.8. The van der Waals surface area contributed by atoms with Crippen molar-refractivity contribution < 1.29 is 24.1 Å². The van der Waals surface area contributed by atoms with Gasteiger partial charge in [0, 0.05) is 6.61 Å². The van der Waals surface area contributed by atoms with Crippen molar-refractivity contribution in [3.05, 3.63) is 24.3 Å². The van der Waals surface area contributed by atoms with Crippen molar-refractivity contribution in [2.45, 2.75) is 19.8 Å². The van der Waals surface area contributed by atoms with E-state index in [1.54, 1.807) is 24.3 Å². The van der Waals surface area contributed by atoms with Gasteiger partial charge in [-0.1, -0.05) is 13.3 Å². The molecule has 0 spiro atoms. The van der Waals surface area contributed by atoms with Crippen LogP contribution < -0.4 is 4.74 Å². The van der Waals surface area contributed by atoms with Crippen LogP contribution in [0.1, 0.15) is 19.8 Å². The Labute approximate surface area is 126 Å². The van der Waals surface area contributed by atoms with Gasteiger partial charge in [-0.15, -0.1) is 0 Å². The third kappa shape index (κ3) is 10.1. The van der Waals surface area contributed by atoms with Gasteiger partial charge in [0.1, 0.15) is 18.1 Å². The minimum Gasteiger partial charge on any atom is -0.508 e. The fourth-order valence-corrected chi connectivity index (χ4v) is 1.55. The molecular weight excluding hydrogens is 272 g/mol. The Kier molecular flexibility index (Phi) is 10.5. The summed E-state index contributed by atoms with van der Waals surface area (Å²) in [6.45, 7) is 6.31. The van der Waals surface area contributed by atoms with Crippen LogP contribution in [0.4, 0.5) is 0 Å².